The first kappa shape index (κ1) is 11.0. The van der Waals surface area contributed by atoms with Crippen LogP contribution in [0.15, 0.2) is 0 Å². The molecule has 1 N–H and O–H groups in total. The molecule has 3 heteroatoms. The maximum absolute atomic E-state index is 9.22. The zero-order valence-electron chi connectivity index (χ0n) is 8.80. The molecule has 0 bridgehead atoms. The molecule has 0 saturated carbocycles. The second-order valence-corrected chi connectivity index (χ2v) is 4.08. The van der Waals surface area contributed by atoms with Gasteiger partial charge in [0.15, 0.2) is 5.79 Å². The topological polar surface area (TPSA) is 38.7 Å². The SMILES string of the molecule is CCC1(CO)COC(C)(CC)OC1. The van der Waals surface area contributed by atoms with Crippen molar-refractivity contribution in [3.8, 4) is 0 Å². The van der Waals surface area contributed by atoms with Crippen LogP contribution in [0.5, 0.6) is 0 Å². The fraction of sp³-hybridized carbons (Fsp3) is 1.00. The molecule has 0 amide bonds. The maximum Gasteiger partial charge on any atom is 0.165 e. The molecule has 1 aliphatic rings. The van der Waals surface area contributed by atoms with Crippen LogP contribution < -0.4 is 0 Å². The fourth-order valence-corrected chi connectivity index (χ4v) is 1.31. The number of rotatable bonds is 3. The van der Waals surface area contributed by atoms with Crippen molar-refractivity contribution in [3.05, 3.63) is 0 Å². The Balaban J connectivity index is 2.54. The van der Waals surface area contributed by atoms with E-state index in [1.54, 1.807) is 0 Å². The lowest BCUT2D eigenvalue weighted by atomic mass is 9.87. The predicted octanol–water partition coefficient (Wildman–Crippen LogP) is 1.55. The molecular weight excluding hydrogens is 168 g/mol. The van der Waals surface area contributed by atoms with Gasteiger partial charge in [-0.15, -0.1) is 0 Å². The molecule has 0 aromatic heterocycles. The summed E-state index contributed by atoms with van der Waals surface area (Å²) >= 11 is 0. The van der Waals surface area contributed by atoms with E-state index in [1.807, 2.05) is 13.8 Å². The Morgan fingerprint density at radius 2 is 1.69 bits per heavy atom. The first-order valence-corrected chi connectivity index (χ1v) is 4.98. The quantitative estimate of drug-likeness (QED) is 0.730. The van der Waals surface area contributed by atoms with Crippen molar-refractivity contribution < 1.29 is 14.6 Å². The van der Waals surface area contributed by atoms with Gasteiger partial charge in [0, 0.05) is 5.41 Å². The summed E-state index contributed by atoms with van der Waals surface area (Å²) in [4.78, 5) is 0. The smallest absolute Gasteiger partial charge is 0.165 e. The van der Waals surface area contributed by atoms with Gasteiger partial charge in [-0.2, -0.15) is 0 Å². The summed E-state index contributed by atoms with van der Waals surface area (Å²) in [5, 5.41) is 9.22. The lowest BCUT2D eigenvalue weighted by Gasteiger charge is -2.43. The Hall–Kier alpha value is -0.120. The summed E-state index contributed by atoms with van der Waals surface area (Å²) in [6, 6.07) is 0. The Morgan fingerprint density at radius 3 is 2.00 bits per heavy atom. The van der Waals surface area contributed by atoms with Gasteiger partial charge in [0.05, 0.1) is 19.8 Å². The molecule has 13 heavy (non-hydrogen) atoms. The lowest BCUT2D eigenvalue weighted by molar-refractivity contribution is -0.300. The maximum atomic E-state index is 9.22. The van der Waals surface area contributed by atoms with E-state index in [0.29, 0.717) is 13.2 Å². The number of aliphatic hydroxyl groups excluding tert-OH is 1. The van der Waals surface area contributed by atoms with Gasteiger partial charge < -0.3 is 14.6 Å². The first-order valence-electron chi connectivity index (χ1n) is 4.98. The lowest BCUT2D eigenvalue weighted by Crippen LogP contribution is -2.49. The van der Waals surface area contributed by atoms with E-state index in [1.165, 1.54) is 0 Å². The van der Waals surface area contributed by atoms with E-state index >= 15 is 0 Å². The molecular formula is C10H20O3. The average molecular weight is 188 g/mol. The monoisotopic (exact) mass is 188 g/mol. The van der Waals surface area contributed by atoms with Gasteiger partial charge in [-0.25, -0.2) is 0 Å². The number of hydrogen-bond donors (Lipinski definition) is 1. The van der Waals surface area contributed by atoms with Gasteiger partial charge in [-0.05, 0) is 19.8 Å². The van der Waals surface area contributed by atoms with Crippen LogP contribution in [0, 0.1) is 5.41 Å². The molecule has 0 aliphatic carbocycles. The first-order chi connectivity index (χ1) is 6.10. The van der Waals surface area contributed by atoms with E-state index in [4.69, 9.17) is 9.47 Å². The molecule has 0 unspecified atom stereocenters. The van der Waals surface area contributed by atoms with Crippen LogP contribution in [0.4, 0.5) is 0 Å². The molecule has 0 spiro atoms. The summed E-state index contributed by atoms with van der Waals surface area (Å²) < 4.78 is 11.3. The molecule has 0 atom stereocenters. The van der Waals surface area contributed by atoms with Crippen molar-refractivity contribution in [2.45, 2.75) is 39.4 Å². The van der Waals surface area contributed by atoms with Crippen molar-refractivity contribution in [3.63, 3.8) is 0 Å². The number of ether oxygens (including phenoxy) is 2. The molecule has 0 aromatic carbocycles. The molecule has 1 aliphatic heterocycles. The van der Waals surface area contributed by atoms with Crippen LogP contribution in [0.1, 0.15) is 33.6 Å². The van der Waals surface area contributed by atoms with E-state index < -0.39 is 5.79 Å². The minimum atomic E-state index is -0.437. The average Bonchev–Trinajstić information content (AvgIpc) is 2.20. The largest absolute Gasteiger partial charge is 0.396 e. The highest BCUT2D eigenvalue weighted by Crippen LogP contribution is 2.33. The molecule has 0 radical (unpaired) electrons. The van der Waals surface area contributed by atoms with Crippen LogP contribution in [-0.4, -0.2) is 30.7 Å². The third-order valence-corrected chi connectivity index (χ3v) is 3.09. The predicted molar refractivity (Wildman–Crippen MR) is 50.4 cm³/mol. The minimum absolute atomic E-state index is 0.142. The van der Waals surface area contributed by atoms with Crippen molar-refractivity contribution >= 4 is 0 Å². The van der Waals surface area contributed by atoms with Gasteiger partial charge in [0.1, 0.15) is 0 Å². The van der Waals surface area contributed by atoms with Crippen LogP contribution in [0.3, 0.4) is 0 Å². The molecule has 1 heterocycles. The summed E-state index contributed by atoms with van der Waals surface area (Å²) in [6.45, 7) is 7.39. The van der Waals surface area contributed by atoms with Crippen molar-refractivity contribution in [2.24, 2.45) is 5.41 Å². The van der Waals surface area contributed by atoms with Crippen molar-refractivity contribution in [2.75, 3.05) is 19.8 Å². The Kier molecular flexibility index (Phi) is 3.33. The zero-order valence-corrected chi connectivity index (χ0v) is 8.80. The summed E-state index contributed by atoms with van der Waals surface area (Å²) in [7, 11) is 0. The summed E-state index contributed by atoms with van der Waals surface area (Å²) in [6.07, 6.45) is 1.74. The molecule has 78 valence electrons. The third-order valence-electron chi connectivity index (χ3n) is 3.09. The van der Waals surface area contributed by atoms with E-state index in [2.05, 4.69) is 6.92 Å². The molecule has 1 saturated heterocycles. The van der Waals surface area contributed by atoms with Crippen LogP contribution in [-0.2, 0) is 9.47 Å². The minimum Gasteiger partial charge on any atom is -0.396 e. The standard InChI is InChI=1S/C10H20O3/c1-4-9(3)12-7-10(5-2,6-11)8-13-9/h11H,4-8H2,1-3H3. The second kappa shape index (κ2) is 3.95. The molecule has 3 nitrogen and oxygen atoms in total. The molecule has 0 aromatic rings. The van der Waals surface area contributed by atoms with Crippen LogP contribution in [0.25, 0.3) is 0 Å². The van der Waals surface area contributed by atoms with Gasteiger partial charge in [-0.3, -0.25) is 0 Å². The van der Waals surface area contributed by atoms with E-state index in [0.717, 1.165) is 12.8 Å². The van der Waals surface area contributed by atoms with Crippen molar-refractivity contribution in [1.82, 2.24) is 0 Å². The molecule has 1 fully saturated rings. The Morgan fingerprint density at radius 1 is 1.15 bits per heavy atom. The van der Waals surface area contributed by atoms with Gasteiger partial charge in [0.2, 0.25) is 0 Å². The zero-order chi connectivity index (χ0) is 9.95. The normalized spacial score (nSPS) is 40.6. The highest BCUT2D eigenvalue weighted by molar-refractivity contribution is 4.82. The summed E-state index contributed by atoms with van der Waals surface area (Å²) in [5.74, 6) is -0.437. The van der Waals surface area contributed by atoms with Gasteiger partial charge >= 0.3 is 0 Å². The molecule has 1 rings (SSSR count). The van der Waals surface area contributed by atoms with Crippen molar-refractivity contribution in [1.29, 1.82) is 0 Å². The highest BCUT2D eigenvalue weighted by atomic mass is 16.7. The van der Waals surface area contributed by atoms with Crippen LogP contribution in [0.2, 0.25) is 0 Å². The van der Waals surface area contributed by atoms with Gasteiger partial charge in [-0.1, -0.05) is 13.8 Å². The Bertz CT molecular complexity index is 154. The van der Waals surface area contributed by atoms with E-state index in [-0.39, 0.29) is 12.0 Å². The number of hydrogen-bond acceptors (Lipinski definition) is 3. The highest BCUT2D eigenvalue weighted by Gasteiger charge is 2.39. The third kappa shape index (κ3) is 2.22. The van der Waals surface area contributed by atoms with Gasteiger partial charge in [0.25, 0.3) is 0 Å². The summed E-state index contributed by atoms with van der Waals surface area (Å²) in [5.41, 5.74) is -0.172. The van der Waals surface area contributed by atoms with E-state index in [9.17, 15) is 5.11 Å². The number of aliphatic hydroxyl groups is 1. The van der Waals surface area contributed by atoms with Crippen LogP contribution >= 0.6 is 0 Å². The Labute approximate surface area is 80.0 Å². The fourth-order valence-electron chi connectivity index (χ4n) is 1.31. The second-order valence-electron chi connectivity index (χ2n) is 4.08.